The zero-order chi connectivity index (χ0) is 14.0. The number of nitrogens with two attached hydrogens (primary N) is 1. The highest BCUT2D eigenvalue weighted by Crippen LogP contribution is 2.29. The van der Waals surface area contributed by atoms with Crippen LogP contribution in [0.2, 0.25) is 0 Å². The SMILES string of the molecule is Cc1ccc(C)c(C(NN)c2c(C)cccc2C)c1. The van der Waals surface area contributed by atoms with Gasteiger partial charge in [-0.1, -0.05) is 42.0 Å². The largest absolute Gasteiger partial charge is 0.271 e. The first kappa shape index (κ1) is 13.8. The molecule has 0 aliphatic rings. The van der Waals surface area contributed by atoms with Gasteiger partial charge in [0.25, 0.3) is 0 Å². The quantitative estimate of drug-likeness (QED) is 0.650. The van der Waals surface area contributed by atoms with Gasteiger partial charge >= 0.3 is 0 Å². The van der Waals surface area contributed by atoms with Crippen molar-refractivity contribution in [3.05, 3.63) is 69.8 Å². The highest BCUT2D eigenvalue weighted by molar-refractivity contribution is 5.45. The highest BCUT2D eigenvalue weighted by atomic mass is 15.2. The van der Waals surface area contributed by atoms with Crippen molar-refractivity contribution in [1.29, 1.82) is 0 Å². The summed E-state index contributed by atoms with van der Waals surface area (Å²) in [7, 11) is 0. The van der Waals surface area contributed by atoms with Crippen LogP contribution in [0.25, 0.3) is 0 Å². The third-order valence-corrected chi connectivity index (χ3v) is 3.74. The molecule has 2 aromatic rings. The molecule has 2 heteroatoms. The Morgan fingerprint density at radius 3 is 2.11 bits per heavy atom. The lowest BCUT2D eigenvalue weighted by molar-refractivity contribution is 0.627. The van der Waals surface area contributed by atoms with Gasteiger partial charge in [0.15, 0.2) is 0 Å². The van der Waals surface area contributed by atoms with Crippen LogP contribution in [-0.4, -0.2) is 0 Å². The molecular weight excluding hydrogens is 232 g/mol. The van der Waals surface area contributed by atoms with Crippen molar-refractivity contribution >= 4 is 0 Å². The summed E-state index contributed by atoms with van der Waals surface area (Å²) in [5.41, 5.74) is 10.6. The summed E-state index contributed by atoms with van der Waals surface area (Å²) >= 11 is 0. The van der Waals surface area contributed by atoms with Crippen molar-refractivity contribution in [2.24, 2.45) is 5.84 Å². The van der Waals surface area contributed by atoms with E-state index >= 15 is 0 Å². The van der Waals surface area contributed by atoms with Gasteiger partial charge in [-0.2, -0.15) is 0 Å². The molecule has 0 spiro atoms. The molecule has 1 unspecified atom stereocenters. The highest BCUT2D eigenvalue weighted by Gasteiger charge is 2.18. The van der Waals surface area contributed by atoms with E-state index in [1.165, 1.54) is 33.4 Å². The van der Waals surface area contributed by atoms with E-state index in [0.717, 1.165) is 0 Å². The second kappa shape index (κ2) is 5.55. The third-order valence-electron chi connectivity index (χ3n) is 3.74. The van der Waals surface area contributed by atoms with Crippen LogP contribution in [0.5, 0.6) is 0 Å². The minimum Gasteiger partial charge on any atom is -0.271 e. The number of aryl methyl sites for hydroxylation is 4. The lowest BCUT2D eigenvalue weighted by Gasteiger charge is -2.23. The van der Waals surface area contributed by atoms with E-state index in [9.17, 15) is 0 Å². The van der Waals surface area contributed by atoms with Gasteiger partial charge in [-0.15, -0.1) is 0 Å². The van der Waals surface area contributed by atoms with E-state index in [1.54, 1.807) is 0 Å². The summed E-state index contributed by atoms with van der Waals surface area (Å²) in [6.45, 7) is 8.52. The monoisotopic (exact) mass is 254 g/mol. The Balaban J connectivity index is 2.59. The third kappa shape index (κ3) is 2.70. The fourth-order valence-corrected chi connectivity index (χ4v) is 2.68. The van der Waals surface area contributed by atoms with Crippen LogP contribution < -0.4 is 11.3 Å². The molecule has 0 fully saturated rings. The van der Waals surface area contributed by atoms with Gasteiger partial charge in [0, 0.05) is 0 Å². The number of hydrogen-bond donors (Lipinski definition) is 2. The van der Waals surface area contributed by atoms with Crippen molar-refractivity contribution in [1.82, 2.24) is 5.43 Å². The van der Waals surface area contributed by atoms with Crippen molar-refractivity contribution in [2.75, 3.05) is 0 Å². The van der Waals surface area contributed by atoms with Crippen LogP contribution in [0.3, 0.4) is 0 Å². The predicted octanol–water partition coefficient (Wildman–Crippen LogP) is 3.47. The molecule has 2 aromatic carbocycles. The standard InChI is InChI=1S/C17H22N2/c1-11-8-9-12(2)15(10-11)17(19-18)16-13(3)6-5-7-14(16)4/h5-10,17,19H,18H2,1-4H3. The average molecular weight is 254 g/mol. The summed E-state index contributed by atoms with van der Waals surface area (Å²) in [6, 6.07) is 12.9. The van der Waals surface area contributed by atoms with E-state index in [2.05, 4.69) is 69.5 Å². The van der Waals surface area contributed by atoms with Gasteiger partial charge in [0.05, 0.1) is 6.04 Å². The molecule has 0 radical (unpaired) electrons. The van der Waals surface area contributed by atoms with Crippen LogP contribution in [0.1, 0.15) is 39.4 Å². The summed E-state index contributed by atoms with van der Waals surface area (Å²) in [5, 5.41) is 0. The summed E-state index contributed by atoms with van der Waals surface area (Å²) < 4.78 is 0. The van der Waals surface area contributed by atoms with Gasteiger partial charge in [0.2, 0.25) is 0 Å². The van der Waals surface area contributed by atoms with Crippen LogP contribution >= 0.6 is 0 Å². The minimum atomic E-state index is 0.0427. The Morgan fingerprint density at radius 2 is 1.53 bits per heavy atom. The molecule has 3 N–H and O–H groups in total. The first-order chi connectivity index (χ1) is 9.04. The first-order valence-corrected chi connectivity index (χ1v) is 6.64. The fraction of sp³-hybridized carbons (Fsp3) is 0.294. The minimum absolute atomic E-state index is 0.0427. The smallest absolute Gasteiger partial charge is 0.0717 e. The maximum atomic E-state index is 5.84. The molecule has 2 nitrogen and oxygen atoms in total. The number of hydrazine groups is 1. The molecule has 0 aliphatic carbocycles. The van der Waals surface area contributed by atoms with E-state index in [0.29, 0.717) is 0 Å². The van der Waals surface area contributed by atoms with Crippen molar-refractivity contribution in [2.45, 2.75) is 33.7 Å². The molecule has 0 bridgehead atoms. The Morgan fingerprint density at radius 1 is 0.895 bits per heavy atom. The number of hydrogen-bond acceptors (Lipinski definition) is 2. The molecule has 0 saturated carbocycles. The van der Waals surface area contributed by atoms with Crippen molar-refractivity contribution in [3.63, 3.8) is 0 Å². The lowest BCUT2D eigenvalue weighted by atomic mass is 9.89. The van der Waals surface area contributed by atoms with Crippen LogP contribution in [0.15, 0.2) is 36.4 Å². The Labute approximate surface area is 115 Å². The lowest BCUT2D eigenvalue weighted by Crippen LogP contribution is -2.30. The Hall–Kier alpha value is -1.64. The fourth-order valence-electron chi connectivity index (χ4n) is 2.68. The average Bonchev–Trinajstić information content (AvgIpc) is 2.37. The molecule has 2 rings (SSSR count). The molecule has 100 valence electrons. The molecule has 0 aliphatic heterocycles. The van der Waals surface area contributed by atoms with Crippen LogP contribution in [0, 0.1) is 27.7 Å². The number of benzene rings is 2. The molecule has 0 heterocycles. The molecular formula is C17H22N2. The van der Waals surface area contributed by atoms with E-state index in [4.69, 9.17) is 5.84 Å². The second-order valence-corrected chi connectivity index (χ2v) is 5.27. The molecule has 0 saturated heterocycles. The van der Waals surface area contributed by atoms with E-state index in [1.807, 2.05) is 0 Å². The van der Waals surface area contributed by atoms with Gasteiger partial charge in [0.1, 0.15) is 0 Å². The second-order valence-electron chi connectivity index (χ2n) is 5.27. The Bertz CT molecular complexity index is 568. The summed E-state index contributed by atoms with van der Waals surface area (Å²) in [5.74, 6) is 5.84. The van der Waals surface area contributed by atoms with Crippen molar-refractivity contribution < 1.29 is 0 Å². The topological polar surface area (TPSA) is 38.0 Å². The summed E-state index contributed by atoms with van der Waals surface area (Å²) in [6.07, 6.45) is 0. The van der Waals surface area contributed by atoms with Crippen LogP contribution in [0.4, 0.5) is 0 Å². The number of nitrogens with one attached hydrogen (secondary N) is 1. The van der Waals surface area contributed by atoms with Crippen molar-refractivity contribution in [3.8, 4) is 0 Å². The normalized spacial score (nSPS) is 12.5. The van der Waals surface area contributed by atoms with Gasteiger partial charge in [-0.3, -0.25) is 5.84 Å². The zero-order valence-corrected chi connectivity index (χ0v) is 12.1. The zero-order valence-electron chi connectivity index (χ0n) is 12.1. The van der Waals surface area contributed by atoms with E-state index in [-0.39, 0.29) is 6.04 Å². The predicted molar refractivity (Wildman–Crippen MR) is 81.0 cm³/mol. The molecule has 1 atom stereocenters. The number of rotatable bonds is 3. The molecule has 19 heavy (non-hydrogen) atoms. The van der Waals surface area contributed by atoms with Crippen LogP contribution in [-0.2, 0) is 0 Å². The molecule has 0 aromatic heterocycles. The van der Waals surface area contributed by atoms with E-state index < -0.39 is 0 Å². The Kier molecular flexibility index (Phi) is 4.03. The first-order valence-electron chi connectivity index (χ1n) is 6.64. The maximum absolute atomic E-state index is 5.84. The molecule has 0 amide bonds. The summed E-state index contributed by atoms with van der Waals surface area (Å²) in [4.78, 5) is 0. The van der Waals surface area contributed by atoms with Gasteiger partial charge < -0.3 is 0 Å². The van der Waals surface area contributed by atoms with Gasteiger partial charge in [-0.05, 0) is 55.5 Å². The van der Waals surface area contributed by atoms with Gasteiger partial charge in [-0.25, -0.2) is 5.43 Å². The maximum Gasteiger partial charge on any atom is 0.0717 e.